The van der Waals surface area contributed by atoms with Gasteiger partial charge in [0.15, 0.2) is 0 Å². The SMILES string of the molecule is C1=CSCc2ccccc2N=C1. The molecule has 0 spiro atoms. The number of benzene rings is 1. The van der Waals surface area contributed by atoms with Crippen LogP contribution in [0.15, 0.2) is 40.7 Å². The molecule has 2 heteroatoms. The van der Waals surface area contributed by atoms with Gasteiger partial charge in [-0.3, -0.25) is 4.99 Å². The summed E-state index contributed by atoms with van der Waals surface area (Å²) in [6.45, 7) is 0. The molecule has 0 N–H and O–H groups in total. The van der Waals surface area contributed by atoms with Gasteiger partial charge in [0.05, 0.1) is 5.69 Å². The Morgan fingerprint density at radius 1 is 1.25 bits per heavy atom. The summed E-state index contributed by atoms with van der Waals surface area (Å²) in [7, 11) is 0. The second kappa shape index (κ2) is 3.59. The molecule has 1 aliphatic rings. The molecule has 0 unspecified atom stereocenters. The van der Waals surface area contributed by atoms with Crippen LogP contribution in [-0.4, -0.2) is 6.21 Å². The summed E-state index contributed by atoms with van der Waals surface area (Å²) in [4.78, 5) is 4.32. The Labute approximate surface area is 76.2 Å². The Morgan fingerprint density at radius 3 is 3.17 bits per heavy atom. The number of para-hydroxylation sites is 1. The van der Waals surface area contributed by atoms with Crippen molar-refractivity contribution in [3.63, 3.8) is 0 Å². The summed E-state index contributed by atoms with van der Waals surface area (Å²) in [5.74, 6) is 1.02. The monoisotopic (exact) mass is 175 g/mol. The van der Waals surface area contributed by atoms with E-state index in [0.29, 0.717) is 0 Å². The van der Waals surface area contributed by atoms with E-state index in [2.05, 4.69) is 22.5 Å². The van der Waals surface area contributed by atoms with Crippen molar-refractivity contribution in [2.24, 2.45) is 4.99 Å². The van der Waals surface area contributed by atoms with E-state index in [1.807, 2.05) is 24.4 Å². The van der Waals surface area contributed by atoms with E-state index in [4.69, 9.17) is 0 Å². The molecular weight excluding hydrogens is 166 g/mol. The molecule has 0 fully saturated rings. The first-order valence-electron chi connectivity index (χ1n) is 3.85. The number of hydrogen-bond donors (Lipinski definition) is 0. The smallest absolute Gasteiger partial charge is 0.0670 e. The highest BCUT2D eigenvalue weighted by Gasteiger charge is 1.99. The maximum atomic E-state index is 4.32. The lowest BCUT2D eigenvalue weighted by molar-refractivity contribution is 1.37. The van der Waals surface area contributed by atoms with E-state index < -0.39 is 0 Å². The number of allylic oxidation sites excluding steroid dienone is 1. The van der Waals surface area contributed by atoms with Crippen molar-refractivity contribution in [3.05, 3.63) is 41.3 Å². The Balaban J connectivity index is 2.43. The van der Waals surface area contributed by atoms with E-state index in [1.54, 1.807) is 11.8 Å². The van der Waals surface area contributed by atoms with Crippen LogP contribution in [0.2, 0.25) is 0 Å². The van der Waals surface area contributed by atoms with E-state index in [1.165, 1.54) is 5.56 Å². The summed E-state index contributed by atoms with van der Waals surface area (Å²) in [6.07, 6.45) is 3.81. The van der Waals surface area contributed by atoms with Gasteiger partial charge >= 0.3 is 0 Å². The van der Waals surface area contributed by atoms with Crippen molar-refractivity contribution in [3.8, 4) is 0 Å². The van der Waals surface area contributed by atoms with Gasteiger partial charge in [-0.2, -0.15) is 0 Å². The second-order valence-electron chi connectivity index (χ2n) is 2.55. The van der Waals surface area contributed by atoms with Gasteiger partial charge in [-0.1, -0.05) is 18.2 Å². The maximum absolute atomic E-state index is 4.32. The molecule has 1 aliphatic heterocycles. The lowest BCUT2D eigenvalue weighted by Gasteiger charge is -2.04. The largest absolute Gasteiger partial charge is 0.257 e. The molecule has 0 amide bonds. The molecule has 0 atom stereocenters. The molecule has 0 radical (unpaired) electrons. The zero-order chi connectivity index (χ0) is 8.23. The van der Waals surface area contributed by atoms with Gasteiger partial charge in [0.1, 0.15) is 0 Å². The average molecular weight is 175 g/mol. The minimum Gasteiger partial charge on any atom is -0.257 e. The van der Waals surface area contributed by atoms with Crippen molar-refractivity contribution < 1.29 is 0 Å². The van der Waals surface area contributed by atoms with Crippen LogP contribution >= 0.6 is 11.8 Å². The molecule has 1 heterocycles. The second-order valence-corrected chi connectivity index (χ2v) is 3.44. The molecule has 0 saturated carbocycles. The van der Waals surface area contributed by atoms with Crippen LogP contribution in [0.25, 0.3) is 0 Å². The third-order valence-electron chi connectivity index (χ3n) is 1.70. The third-order valence-corrected chi connectivity index (χ3v) is 2.53. The van der Waals surface area contributed by atoms with Crippen LogP contribution in [-0.2, 0) is 5.75 Å². The molecule has 12 heavy (non-hydrogen) atoms. The fourth-order valence-electron chi connectivity index (χ4n) is 1.11. The number of fused-ring (bicyclic) bond motifs is 1. The third kappa shape index (κ3) is 1.59. The van der Waals surface area contributed by atoms with Crippen LogP contribution in [0.5, 0.6) is 0 Å². The number of nitrogens with zero attached hydrogens (tertiary/aromatic N) is 1. The van der Waals surface area contributed by atoms with E-state index in [0.717, 1.165) is 11.4 Å². The fraction of sp³-hybridized carbons (Fsp3) is 0.100. The van der Waals surface area contributed by atoms with Crippen molar-refractivity contribution in [1.82, 2.24) is 0 Å². The van der Waals surface area contributed by atoms with Crippen molar-refractivity contribution in [2.75, 3.05) is 0 Å². The number of aliphatic imine (C=N–C) groups is 1. The predicted octanol–water partition coefficient (Wildman–Crippen LogP) is 3.15. The summed E-state index contributed by atoms with van der Waals surface area (Å²) >= 11 is 1.80. The Hall–Kier alpha value is -1.02. The van der Waals surface area contributed by atoms with Gasteiger partial charge in [-0.15, -0.1) is 11.8 Å². The zero-order valence-electron chi connectivity index (χ0n) is 6.60. The topological polar surface area (TPSA) is 12.4 Å². The first-order valence-corrected chi connectivity index (χ1v) is 4.90. The van der Waals surface area contributed by atoms with Crippen LogP contribution < -0.4 is 0 Å². The normalized spacial score (nSPS) is 15.0. The lowest BCUT2D eigenvalue weighted by atomic mass is 10.2. The van der Waals surface area contributed by atoms with E-state index in [9.17, 15) is 0 Å². The maximum Gasteiger partial charge on any atom is 0.0670 e. The summed E-state index contributed by atoms with van der Waals surface area (Å²) in [5.41, 5.74) is 2.40. The van der Waals surface area contributed by atoms with Crippen molar-refractivity contribution in [2.45, 2.75) is 5.75 Å². The molecule has 1 nitrogen and oxygen atoms in total. The molecule has 60 valence electrons. The number of hydrogen-bond acceptors (Lipinski definition) is 2. The highest BCUT2D eigenvalue weighted by atomic mass is 32.2. The summed E-state index contributed by atoms with van der Waals surface area (Å²) in [6, 6.07) is 8.25. The average Bonchev–Trinajstić information content (AvgIpc) is 2.06. The van der Waals surface area contributed by atoms with Crippen LogP contribution in [0, 0.1) is 0 Å². The Bertz CT molecular complexity index is 328. The zero-order valence-corrected chi connectivity index (χ0v) is 7.42. The predicted molar refractivity (Wildman–Crippen MR) is 55.0 cm³/mol. The highest BCUT2D eigenvalue weighted by Crippen LogP contribution is 2.24. The standard InChI is InChI=1S/C10H9NS/c1-2-5-10-9(4-1)8-12-7-3-6-11-10/h1-7H,8H2. The molecule has 1 aromatic carbocycles. The lowest BCUT2D eigenvalue weighted by Crippen LogP contribution is -1.82. The minimum atomic E-state index is 1.02. The molecule has 0 aliphatic carbocycles. The van der Waals surface area contributed by atoms with Crippen LogP contribution in [0.3, 0.4) is 0 Å². The van der Waals surface area contributed by atoms with Crippen LogP contribution in [0.4, 0.5) is 5.69 Å². The Morgan fingerprint density at radius 2 is 2.17 bits per heavy atom. The quantitative estimate of drug-likeness (QED) is 0.590. The molecule has 0 aromatic heterocycles. The first-order chi connectivity index (χ1) is 5.97. The number of rotatable bonds is 0. The Kier molecular flexibility index (Phi) is 2.28. The van der Waals surface area contributed by atoms with Crippen molar-refractivity contribution in [1.29, 1.82) is 0 Å². The van der Waals surface area contributed by atoms with Gasteiger partial charge in [-0.25, -0.2) is 0 Å². The molecule has 0 bridgehead atoms. The molecule has 1 aromatic rings. The van der Waals surface area contributed by atoms with Gasteiger partial charge < -0.3 is 0 Å². The molecule has 0 saturated heterocycles. The van der Waals surface area contributed by atoms with Gasteiger partial charge in [0, 0.05) is 12.0 Å². The van der Waals surface area contributed by atoms with Gasteiger partial charge in [-0.05, 0) is 23.1 Å². The van der Waals surface area contributed by atoms with E-state index >= 15 is 0 Å². The summed E-state index contributed by atoms with van der Waals surface area (Å²) in [5, 5.41) is 2.07. The first kappa shape index (κ1) is 7.62. The highest BCUT2D eigenvalue weighted by molar-refractivity contribution is 8.01. The van der Waals surface area contributed by atoms with Crippen LogP contribution in [0.1, 0.15) is 5.56 Å². The van der Waals surface area contributed by atoms with Gasteiger partial charge in [0.2, 0.25) is 0 Å². The summed E-state index contributed by atoms with van der Waals surface area (Å²) < 4.78 is 0. The molecule has 2 rings (SSSR count). The van der Waals surface area contributed by atoms with E-state index in [-0.39, 0.29) is 0 Å². The fourth-order valence-corrected chi connectivity index (χ4v) is 1.81. The minimum absolute atomic E-state index is 1.02. The van der Waals surface area contributed by atoms with Crippen molar-refractivity contribution >= 4 is 23.7 Å². The van der Waals surface area contributed by atoms with Gasteiger partial charge in [0.25, 0.3) is 0 Å². The molecular formula is C10H9NS. The number of thioether (sulfide) groups is 1.